The lowest BCUT2D eigenvalue weighted by molar-refractivity contribution is 0.174. The lowest BCUT2D eigenvalue weighted by Crippen LogP contribution is -2.23. The van der Waals surface area contributed by atoms with E-state index >= 15 is 0 Å². The summed E-state index contributed by atoms with van der Waals surface area (Å²) in [6.45, 7) is 3.19. The van der Waals surface area contributed by atoms with Gasteiger partial charge in [-0.3, -0.25) is 0 Å². The van der Waals surface area contributed by atoms with Crippen LogP contribution in [0.5, 0.6) is 11.5 Å². The van der Waals surface area contributed by atoms with E-state index in [0.717, 1.165) is 29.5 Å². The molecule has 1 aromatic carbocycles. The van der Waals surface area contributed by atoms with Gasteiger partial charge in [-0.2, -0.15) is 0 Å². The minimum absolute atomic E-state index is 0.216. The number of benzene rings is 1. The van der Waals surface area contributed by atoms with Crippen LogP contribution < -0.4 is 14.8 Å². The highest BCUT2D eigenvalue weighted by Crippen LogP contribution is 2.35. The number of hydrogen-bond acceptors (Lipinski definition) is 6. The van der Waals surface area contributed by atoms with Gasteiger partial charge in [0.2, 0.25) is 6.79 Å². The second-order valence-corrected chi connectivity index (χ2v) is 7.68. The van der Waals surface area contributed by atoms with Gasteiger partial charge in [0.25, 0.3) is 0 Å². The SMILES string of the molecule is Cc1cc2c(cc1CN[C@@H](Cc1cccs1)c1nccs1)OCO2. The van der Waals surface area contributed by atoms with Crippen molar-refractivity contribution in [2.75, 3.05) is 6.79 Å². The molecule has 4 nitrogen and oxygen atoms in total. The van der Waals surface area contributed by atoms with Crippen molar-refractivity contribution in [1.29, 1.82) is 0 Å². The Morgan fingerprint density at radius 3 is 2.83 bits per heavy atom. The van der Waals surface area contributed by atoms with E-state index in [0.29, 0.717) is 6.79 Å². The number of aromatic nitrogens is 1. The van der Waals surface area contributed by atoms with Crippen LogP contribution in [0.15, 0.2) is 41.2 Å². The quantitative estimate of drug-likeness (QED) is 0.713. The molecule has 3 heterocycles. The molecule has 0 amide bonds. The number of thiophene rings is 1. The van der Waals surface area contributed by atoms with Crippen molar-refractivity contribution < 1.29 is 9.47 Å². The highest BCUT2D eigenvalue weighted by atomic mass is 32.1. The number of nitrogens with zero attached hydrogens (tertiary/aromatic N) is 1. The molecule has 1 atom stereocenters. The maximum absolute atomic E-state index is 5.50. The molecule has 1 N–H and O–H groups in total. The van der Waals surface area contributed by atoms with E-state index in [-0.39, 0.29) is 6.04 Å². The van der Waals surface area contributed by atoms with Crippen LogP contribution in [0.2, 0.25) is 0 Å². The molecule has 6 heteroatoms. The van der Waals surface area contributed by atoms with Crippen LogP contribution in [0.1, 0.15) is 27.1 Å². The van der Waals surface area contributed by atoms with Crippen LogP contribution in [0.4, 0.5) is 0 Å². The van der Waals surface area contributed by atoms with Gasteiger partial charge in [0.15, 0.2) is 11.5 Å². The molecule has 0 unspecified atom stereocenters. The zero-order valence-electron chi connectivity index (χ0n) is 13.3. The van der Waals surface area contributed by atoms with E-state index in [2.05, 4.69) is 46.9 Å². The third-order valence-electron chi connectivity index (χ3n) is 4.10. The zero-order chi connectivity index (χ0) is 16.4. The van der Waals surface area contributed by atoms with E-state index in [1.165, 1.54) is 16.0 Å². The average molecular weight is 358 g/mol. The van der Waals surface area contributed by atoms with Gasteiger partial charge in [0.1, 0.15) is 5.01 Å². The molecule has 0 saturated heterocycles. The van der Waals surface area contributed by atoms with E-state index in [9.17, 15) is 0 Å². The van der Waals surface area contributed by atoms with Crippen LogP contribution in [0.3, 0.4) is 0 Å². The second-order valence-electron chi connectivity index (χ2n) is 5.72. The predicted molar refractivity (Wildman–Crippen MR) is 97.0 cm³/mol. The average Bonchev–Trinajstić information content (AvgIpc) is 3.32. The van der Waals surface area contributed by atoms with Gasteiger partial charge >= 0.3 is 0 Å². The molecule has 1 aliphatic heterocycles. The zero-order valence-corrected chi connectivity index (χ0v) is 15.0. The van der Waals surface area contributed by atoms with Gasteiger partial charge in [-0.1, -0.05) is 6.07 Å². The molecule has 24 heavy (non-hydrogen) atoms. The summed E-state index contributed by atoms with van der Waals surface area (Å²) in [5.41, 5.74) is 2.44. The van der Waals surface area contributed by atoms with E-state index in [4.69, 9.17) is 9.47 Å². The molecule has 124 valence electrons. The van der Waals surface area contributed by atoms with Crippen molar-refractivity contribution in [3.63, 3.8) is 0 Å². The molecule has 2 aromatic heterocycles. The first-order valence-corrected chi connectivity index (χ1v) is 9.60. The van der Waals surface area contributed by atoms with Gasteiger partial charge in [-0.25, -0.2) is 4.98 Å². The lowest BCUT2D eigenvalue weighted by Gasteiger charge is -2.17. The Labute approximate surface area is 149 Å². The number of fused-ring (bicyclic) bond motifs is 1. The van der Waals surface area contributed by atoms with Crippen LogP contribution >= 0.6 is 22.7 Å². The fourth-order valence-corrected chi connectivity index (χ4v) is 4.26. The first-order valence-electron chi connectivity index (χ1n) is 7.84. The summed E-state index contributed by atoms with van der Waals surface area (Å²) in [6, 6.07) is 8.62. The highest BCUT2D eigenvalue weighted by molar-refractivity contribution is 7.10. The Morgan fingerprint density at radius 2 is 2.08 bits per heavy atom. The summed E-state index contributed by atoms with van der Waals surface area (Å²) in [7, 11) is 0. The van der Waals surface area contributed by atoms with Crippen molar-refractivity contribution in [3.05, 3.63) is 62.2 Å². The molecule has 0 bridgehead atoms. The monoisotopic (exact) mass is 358 g/mol. The Hall–Kier alpha value is -1.89. The Bertz CT molecular complexity index is 801. The highest BCUT2D eigenvalue weighted by Gasteiger charge is 2.18. The van der Waals surface area contributed by atoms with Crippen molar-refractivity contribution in [3.8, 4) is 11.5 Å². The van der Waals surface area contributed by atoms with Gasteiger partial charge < -0.3 is 14.8 Å². The topological polar surface area (TPSA) is 43.4 Å². The van der Waals surface area contributed by atoms with E-state index < -0.39 is 0 Å². The normalized spacial score (nSPS) is 14.0. The summed E-state index contributed by atoms with van der Waals surface area (Å²) < 4.78 is 10.9. The standard InChI is InChI=1S/C18H18N2O2S2/c1-12-7-16-17(22-11-21-16)8-13(12)10-20-15(18-19-4-6-24-18)9-14-3-2-5-23-14/h2-8,15,20H,9-11H2,1H3/t15-/m0/s1. The van der Waals surface area contributed by atoms with Gasteiger partial charge in [-0.15, -0.1) is 22.7 Å². The Kier molecular flexibility index (Phi) is 4.51. The molecule has 0 radical (unpaired) electrons. The molecule has 0 saturated carbocycles. The van der Waals surface area contributed by atoms with Gasteiger partial charge in [-0.05, 0) is 41.6 Å². The van der Waals surface area contributed by atoms with Crippen LogP contribution in [-0.4, -0.2) is 11.8 Å². The largest absolute Gasteiger partial charge is 0.454 e. The fourth-order valence-electron chi connectivity index (χ4n) is 2.79. The summed E-state index contributed by atoms with van der Waals surface area (Å²) in [5.74, 6) is 1.67. The molecule has 4 rings (SSSR count). The molecular formula is C18H18N2O2S2. The van der Waals surface area contributed by atoms with Crippen molar-refractivity contribution >= 4 is 22.7 Å². The van der Waals surface area contributed by atoms with Crippen molar-refractivity contribution in [2.24, 2.45) is 0 Å². The number of ether oxygens (including phenoxy) is 2. The summed E-state index contributed by atoms with van der Waals surface area (Å²) >= 11 is 3.49. The number of rotatable bonds is 6. The van der Waals surface area contributed by atoms with Crippen LogP contribution in [-0.2, 0) is 13.0 Å². The number of nitrogens with one attached hydrogen (secondary N) is 1. The second kappa shape index (κ2) is 6.93. The maximum atomic E-state index is 5.50. The third-order valence-corrected chi connectivity index (χ3v) is 5.89. The maximum Gasteiger partial charge on any atom is 0.231 e. The first kappa shape index (κ1) is 15.6. The summed E-state index contributed by atoms with van der Waals surface area (Å²) in [5, 5.41) is 8.95. The number of hydrogen-bond donors (Lipinski definition) is 1. The summed E-state index contributed by atoms with van der Waals surface area (Å²) in [6.07, 6.45) is 2.82. The molecule has 3 aromatic rings. The molecule has 1 aliphatic rings. The summed E-state index contributed by atoms with van der Waals surface area (Å²) in [4.78, 5) is 5.87. The van der Waals surface area contributed by atoms with Crippen molar-refractivity contribution in [2.45, 2.75) is 25.9 Å². The van der Waals surface area contributed by atoms with E-state index in [1.54, 1.807) is 22.7 Å². The smallest absolute Gasteiger partial charge is 0.231 e. The third kappa shape index (κ3) is 3.31. The number of aryl methyl sites for hydroxylation is 1. The van der Waals surface area contributed by atoms with Crippen LogP contribution in [0.25, 0.3) is 0 Å². The van der Waals surface area contributed by atoms with Gasteiger partial charge in [0, 0.05) is 29.4 Å². The Morgan fingerprint density at radius 1 is 1.21 bits per heavy atom. The Balaban J connectivity index is 1.51. The number of thiazole rings is 1. The first-order chi connectivity index (χ1) is 11.8. The molecular weight excluding hydrogens is 340 g/mol. The van der Waals surface area contributed by atoms with Crippen molar-refractivity contribution in [1.82, 2.24) is 10.3 Å². The molecule has 0 aliphatic carbocycles. The fraction of sp³-hybridized carbons (Fsp3) is 0.278. The lowest BCUT2D eigenvalue weighted by atomic mass is 10.1. The minimum Gasteiger partial charge on any atom is -0.454 e. The van der Waals surface area contributed by atoms with Crippen LogP contribution in [0, 0.1) is 6.92 Å². The van der Waals surface area contributed by atoms with Gasteiger partial charge in [0.05, 0.1) is 6.04 Å². The van der Waals surface area contributed by atoms with E-state index in [1.807, 2.05) is 11.6 Å². The molecule has 0 fully saturated rings. The predicted octanol–water partition coefficient (Wildman–Crippen LogP) is 4.32. The molecule has 0 spiro atoms. The minimum atomic E-state index is 0.216.